The molecule has 9 nitrogen and oxygen atoms in total. The van der Waals surface area contributed by atoms with Gasteiger partial charge in [0, 0.05) is 12.1 Å². The minimum Gasteiger partial charge on any atom is -0.444 e. The Labute approximate surface area is 253 Å². The highest BCUT2D eigenvalue weighted by Crippen LogP contribution is 2.27. The Hall–Kier alpha value is -4.50. The van der Waals surface area contributed by atoms with Crippen molar-refractivity contribution in [3.63, 3.8) is 0 Å². The van der Waals surface area contributed by atoms with Crippen LogP contribution in [0.25, 0.3) is 0 Å². The molecule has 1 fully saturated rings. The molecule has 0 saturated carbocycles. The predicted molar refractivity (Wildman–Crippen MR) is 167 cm³/mol. The largest absolute Gasteiger partial charge is 0.444 e. The molecule has 0 aromatic heterocycles. The number of ether oxygens (including phenoxy) is 1. The maximum absolute atomic E-state index is 12.9. The summed E-state index contributed by atoms with van der Waals surface area (Å²) in [6, 6.07) is 24.0. The van der Waals surface area contributed by atoms with Crippen LogP contribution in [-0.4, -0.2) is 42.4 Å². The fourth-order valence-corrected chi connectivity index (χ4v) is 5.01. The summed E-state index contributed by atoms with van der Waals surface area (Å²) in [5, 5.41) is 19.6. The summed E-state index contributed by atoms with van der Waals surface area (Å²) in [5.41, 5.74) is 4.63. The molecule has 3 aromatic carbocycles. The van der Waals surface area contributed by atoms with Crippen molar-refractivity contribution in [1.82, 2.24) is 21.3 Å². The van der Waals surface area contributed by atoms with Gasteiger partial charge in [0.2, 0.25) is 11.8 Å². The van der Waals surface area contributed by atoms with Gasteiger partial charge in [-0.2, -0.15) is 0 Å². The first-order chi connectivity index (χ1) is 20.7. The standard InChI is InChI=1S/C34H41N5O4/c1-22(2)26-13-11-25(12-14-26)21-43-34(42)39-31(35)28-15-9-24(10-16-28)20-37-32(40)23(3)38-33(41)30-19-29(17-18-36-30)27-7-5-4-6-8-27/h4-16,22-23,29-30,36H,17-21H2,1-3H3,(H,37,40)(H,38,41)(H2,35,39,42)/t23-,29-,30+/m0/s1. The van der Waals surface area contributed by atoms with Crippen LogP contribution in [0, 0.1) is 5.41 Å². The van der Waals surface area contributed by atoms with Crippen molar-refractivity contribution in [2.24, 2.45) is 0 Å². The summed E-state index contributed by atoms with van der Waals surface area (Å²) in [6.07, 6.45) is 0.949. The molecule has 4 rings (SSSR count). The van der Waals surface area contributed by atoms with Crippen LogP contribution in [0.15, 0.2) is 78.9 Å². The Bertz CT molecular complexity index is 1390. The highest BCUT2D eigenvalue weighted by molar-refractivity contribution is 6.04. The van der Waals surface area contributed by atoms with Crippen LogP contribution in [0.3, 0.4) is 0 Å². The lowest BCUT2D eigenvalue weighted by Crippen LogP contribution is -2.53. The van der Waals surface area contributed by atoms with Crippen LogP contribution >= 0.6 is 0 Å². The Morgan fingerprint density at radius 3 is 2.28 bits per heavy atom. The molecule has 1 heterocycles. The van der Waals surface area contributed by atoms with Gasteiger partial charge in [0.1, 0.15) is 18.5 Å². The molecule has 226 valence electrons. The minimum atomic E-state index is -0.704. The Kier molecular flexibility index (Phi) is 11.0. The number of carbonyl (C=O) groups excluding carboxylic acids is 3. The average Bonchev–Trinajstić information content (AvgIpc) is 3.03. The van der Waals surface area contributed by atoms with E-state index in [1.165, 1.54) is 11.1 Å². The molecule has 0 unspecified atom stereocenters. The molecule has 3 aromatic rings. The number of amidine groups is 1. The van der Waals surface area contributed by atoms with Gasteiger partial charge >= 0.3 is 6.09 Å². The zero-order valence-corrected chi connectivity index (χ0v) is 25.0. The third-order valence-electron chi connectivity index (χ3n) is 7.70. The van der Waals surface area contributed by atoms with E-state index in [4.69, 9.17) is 10.1 Å². The van der Waals surface area contributed by atoms with E-state index in [9.17, 15) is 14.4 Å². The van der Waals surface area contributed by atoms with Crippen molar-refractivity contribution in [3.8, 4) is 0 Å². The molecule has 0 radical (unpaired) electrons. The third-order valence-corrected chi connectivity index (χ3v) is 7.70. The van der Waals surface area contributed by atoms with Gasteiger partial charge in [-0.05, 0) is 60.4 Å². The quantitative estimate of drug-likeness (QED) is 0.174. The molecule has 9 heteroatoms. The number of nitrogens with one attached hydrogen (secondary N) is 5. The predicted octanol–water partition coefficient (Wildman–Crippen LogP) is 4.72. The smallest absolute Gasteiger partial charge is 0.413 e. The fraction of sp³-hybridized carbons (Fsp3) is 0.353. The molecule has 0 spiro atoms. The normalized spacial score (nSPS) is 17.0. The number of hydrogen-bond acceptors (Lipinski definition) is 6. The summed E-state index contributed by atoms with van der Waals surface area (Å²) in [5.74, 6) is 0.179. The second kappa shape index (κ2) is 15.1. The van der Waals surface area contributed by atoms with Crippen molar-refractivity contribution < 1.29 is 19.1 Å². The van der Waals surface area contributed by atoms with Crippen LogP contribution in [-0.2, 0) is 27.5 Å². The molecule has 0 aliphatic carbocycles. The maximum Gasteiger partial charge on any atom is 0.413 e. The number of hydrogen-bond donors (Lipinski definition) is 5. The van der Waals surface area contributed by atoms with E-state index in [0.717, 1.165) is 24.1 Å². The lowest BCUT2D eigenvalue weighted by molar-refractivity contribution is -0.130. The average molecular weight is 584 g/mol. The van der Waals surface area contributed by atoms with Gasteiger partial charge in [-0.3, -0.25) is 20.3 Å². The van der Waals surface area contributed by atoms with E-state index in [-0.39, 0.29) is 36.8 Å². The van der Waals surface area contributed by atoms with Crippen molar-refractivity contribution >= 4 is 23.7 Å². The van der Waals surface area contributed by atoms with Crippen LogP contribution < -0.4 is 21.3 Å². The van der Waals surface area contributed by atoms with E-state index >= 15 is 0 Å². The van der Waals surface area contributed by atoms with Crippen molar-refractivity contribution in [2.45, 2.75) is 70.7 Å². The van der Waals surface area contributed by atoms with Crippen molar-refractivity contribution in [1.29, 1.82) is 5.41 Å². The third kappa shape index (κ3) is 9.24. The zero-order valence-electron chi connectivity index (χ0n) is 25.0. The molecular weight excluding hydrogens is 542 g/mol. The van der Waals surface area contributed by atoms with Gasteiger partial charge in [0.25, 0.3) is 0 Å². The van der Waals surface area contributed by atoms with Crippen LogP contribution in [0.2, 0.25) is 0 Å². The monoisotopic (exact) mass is 583 g/mol. The second-order valence-corrected chi connectivity index (χ2v) is 11.3. The lowest BCUT2D eigenvalue weighted by Gasteiger charge is -2.30. The lowest BCUT2D eigenvalue weighted by atomic mass is 9.86. The Morgan fingerprint density at radius 1 is 0.930 bits per heavy atom. The molecule has 43 heavy (non-hydrogen) atoms. The Morgan fingerprint density at radius 2 is 1.60 bits per heavy atom. The molecule has 1 saturated heterocycles. The molecule has 1 aliphatic rings. The molecular formula is C34H41N5O4. The summed E-state index contributed by atoms with van der Waals surface area (Å²) in [4.78, 5) is 37.7. The molecule has 3 amide bonds. The second-order valence-electron chi connectivity index (χ2n) is 11.3. The molecule has 0 bridgehead atoms. The van der Waals surface area contributed by atoms with Gasteiger partial charge in [-0.15, -0.1) is 0 Å². The van der Waals surface area contributed by atoms with Gasteiger partial charge in [-0.1, -0.05) is 92.7 Å². The number of amides is 3. The first-order valence-electron chi connectivity index (χ1n) is 14.8. The number of rotatable bonds is 10. The SMILES string of the molecule is CC(C)c1ccc(COC(=O)NC(=N)c2ccc(CNC(=O)[C@H](C)NC(=O)[C@H]3C[C@@H](c4ccccc4)CCN3)cc2)cc1. The highest BCUT2D eigenvalue weighted by atomic mass is 16.5. The van der Waals surface area contributed by atoms with Gasteiger partial charge < -0.3 is 20.7 Å². The number of carbonyl (C=O) groups is 3. The summed E-state index contributed by atoms with van der Waals surface area (Å²) in [7, 11) is 0. The van der Waals surface area contributed by atoms with E-state index in [2.05, 4.69) is 47.2 Å². The summed E-state index contributed by atoms with van der Waals surface area (Å²) >= 11 is 0. The van der Waals surface area contributed by atoms with E-state index in [0.29, 0.717) is 23.8 Å². The van der Waals surface area contributed by atoms with E-state index in [1.807, 2.05) is 42.5 Å². The fourth-order valence-electron chi connectivity index (χ4n) is 5.01. The molecule has 3 atom stereocenters. The topological polar surface area (TPSA) is 132 Å². The van der Waals surface area contributed by atoms with Gasteiger partial charge in [-0.25, -0.2) is 4.79 Å². The van der Waals surface area contributed by atoms with E-state index in [1.54, 1.807) is 31.2 Å². The van der Waals surface area contributed by atoms with Crippen LogP contribution in [0.1, 0.15) is 73.3 Å². The number of alkyl carbamates (subject to hydrolysis) is 1. The first-order valence-corrected chi connectivity index (χ1v) is 14.8. The molecule has 1 aliphatic heterocycles. The maximum atomic E-state index is 12.9. The number of piperidine rings is 1. The Balaban J connectivity index is 1.18. The van der Waals surface area contributed by atoms with Gasteiger partial charge in [0.15, 0.2) is 0 Å². The number of benzene rings is 3. The highest BCUT2D eigenvalue weighted by Gasteiger charge is 2.29. The van der Waals surface area contributed by atoms with Gasteiger partial charge in [0.05, 0.1) is 6.04 Å². The van der Waals surface area contributed by atoms with Crippen molar-refractivity contribution in [2.75, 3.05) is 6.54 Å². The van der Waals surface area contributed by atoms with Crippen molar-refractivity contribution in [3.05, 3.63) is 107 Å². The molecule has 5 N–H and O–H groups in total. The minimum absolute atomic E-state index is 0.0853. The summed E-state index contributed by atoms with van der Waals surface area (Å²) < 4.78 is 5.25. The summed E-state index contributed by atoms with van der Waals surface area (Å²) in [6.45, 7) is 7.02. The van der Waals surface area contributed by atoms with E-state index < -0.39 is 12.1 Å². The first kappa shape index (κ1) is 31.4. The van der Waals surface area contributed by atoms with Crippen LogP contribution in [0.5, 0.6) is 0 Å². The zero-order chi connectivity index (χ0) is 30.8. The van der Waals surface area contributed by atoms with Crippen LogP contribution in [0.4, 0.5) is 4.79 Å².